The van der Waals surface area contributed by atoms with Gasteiger partial charge in [-0.15, -0.1) is 0 Å². The predicted molar refractivity (Wildman–Crippen MR) is 104 cm³/mol. The van der Waals surface area contributed by atoms with E-state index < -0.39 is 0 Å². The minimum Gasteiger partial charge on any atom is -0.494 e. The Kier molecular flexibility index (Phi) is 4.85. The van der Waals surface area contributed by atoms with Crippen molar-refractivity contribution in [2.24, 2.45) is 0 Å². The van der Waals surface area contributed by atoms with Crippen LogP contribution in [0.2, 0.25) is 0 Å². The topological polar surface area (TPSA) is 27.1 Å². The molecule has 0 fully saturated rings. The Labute approximate surface area is 150 Å². The van der Waals surface area contributed by atoms with Gasteiger partial charge in [-0.1, -0.05) is 32.9 Å². The number of nitrogens with zero attached hydrogens (tertiary/aromatic N) is 2. The first-order valence-corrected chi connectivity index (χ1v) is 9.00. The number of hydrogen-bond donors (Lipinski definition) is 0. The van der Waals surface area contributed by atoms with Crippen LogP contribution >= 0.6 is 0 Å². The van der Waals surface area contributed by atoms with E-state index in [1.54, 1.807) is 0 Å². The number of imidazole rings is 1. The summed E-state index contributed by atoms with van der Waals surface area (Å²) in [5.41, 5.74) is 6.39. The Balaban J connectivity index is 1.56. The molecule has 0 atom stereocenters. The van der Waals surface area contributed by atoms with Crippen molar-refractivity contribution in [1.82, 2.24) is 9.55 Å². The molecule has 0 aliphatic carbocycles. The summed E-state index contributed by atoms with van der Waals surface area (Å²) in [6, 6.07) is 12.8. The number of ether oxygens (including phenoxy) is 1. The van der Waals surface area contributed by atoms with E-state index in [4.69, 9.17) is 4.74 Å². The summed E-state index contributed by atoms with van der Waals surface area (Å²) >= 11 is 0. The summed E-state index contributed by atoms with van der Waals surface area (Å²) in [5, 5.41) is 0. The summed E-state index contributed by atoms with van der Waals surface area (Å²) in [6.45, 7) is 12.6. The first kappa shape index (κ1) is 17.5. The largest absolute Gasteiger partial charge is 0.494 e. The normalized spacial score (nSPS) is 11.9. The smallest absolute Gasteiger partial charge is 0.119 e. The van der Waals surface area contributed by atoms with E-state index in [2.05, 4.69) is 80.6 Å². The van der Waals surface area contributed by atoms with Crippen molar-refractivity contribution in [2.45, 2.75) is 53.0 Å². The third-order valence-corrected chi connectivity index (χ3v) is 4.77. The van der Waals surface area contributed by atoms with Gasteiger partial charge in [0.1, 0.15) is 5.75 Å². The van der Waals surface area contributed by atoms with E-state index >= 15 is 0 Å². The maximum absolute atomic E-state index is 5.89. The maximum atomic E-state index is 5.89. The van der Waals surface area contributed by atoms with Crippen LogP contribution < -0.4 is 4.74 Å². The number of benzene rings is 2. The van der Waals surface area contributed by atoms with Gasteiger partial charge in [0, 0.05) is 6.54 Å². The first-order valence-electron chi connectivity index (χ1n) is 9.00. The Morgan fingerprint density at radius 2 is 1.68 bits per heavy atom. The lowest BCUT2D eigenvalue weighted by atomic mass is 9.87. The Bertz CT molecular complexity index is 854. The molecule has 25 heavy (non-hydrogen) atoms. The average Bonchev–Trinajstić information content (AvgIpc) is 2.94. The highest BCUT2D eigenvalue weighted by Gasteiger charge is 2.13. The minimum atomic E-state index is 0.178. The van der Waals surface area contributed by atoms with Gasteiger partial charge in [0.25, 0.3) is 0 Å². The third kappa shape index (κ3) is 4.04. The standard InChI is InChI=1S/C22H28N2O/c1-16-13-20-21(14-17(16)2)24(15-23-20)11-6-12-25-19-9-7-18(8-10-19)22(3,4)5/h7-10,13-15H,6,11-12H2,1-5H3. The summed E-state index contributed by atoms with van der Waals surface area (Å²) in [7, 11) is 0. The fraction of sp³-hybridized carbons (Fsp3) is 0.409. The van der Waals surface area contributed by atoms with Crippen LogP contribution in [0.4, 0.5) is 0 Å². The molecule has 0 unspecified atom stereocenters. The molecule has 0 saturated carbocycles. The highest BCUT2D eigenvalue weighted by molar-refractivity contribution is 5.77. The van der Waals surface area contributed by atoms with Crippen molar-refractivity contribution >= 4 is 11.0 Å². The summed E-state index contributed by atoms with van der Waals surface area (Å²) in [6.07, 6.45) is 2.89. The number of fused-ring (bicyclic) bond motifs is 1. The van der Waals surface area contributed by atoms with Crippen LogP contribution in [0, 0.1) is 13.8 Å². The maximum Gasteiger partial charge on any atom is 0.119 e. The zero-order valence-corrected chi connectivity index (χ0v) is 16.0. The van der Waals surface area contributed by atoms with Crippen LogP contribution in [0.5, 0.6) is 5.75 Å². The number of hydrogen-bond acceptors (Lipinski definition) is 2. The molecule has 3 aromatic rings. The molecule has 3 heteroatoms. The van der Waals surface area contributed by atoms with Gasteiger partial charge in [-0.3, -0.25) is 0 Å². The Hall–Kier alpha value is -2.29. The van der Waals surface area contributed by atoms with Gasteiger partial charge in [0.15, 0.2) is 0 Å². The third-order valence-electron chi connectivity index (χ3n) is 4.77. The summed E-state index contributed by atoms with van der Waals surface area (Å²) in [5.74, 6) is 0.940. The minimum absolute atomic E-state index is 0.178. The molecule has 0 amide bonds. The molecule has 1 heterocycles. The van der Waals surface area contributed by atoms with E-state index in [9.17, 15) is 0 Å². The van der Waals surface area contributed by atoms with Crippen LogP contribution in [0.1, 0.15) is 43.9 Å². The second-order valence-electron chi connectivity index (χ2n) is 7.84. The van der Waals surface area contributed by atoms with Crippen molar-refractivity contribution in [3.05, 3.63) is 59.4 Å². The Morgan fingerprint density at radius 1 is 1.00 bits per heavy atom. The molecule has 0 radical (unpaired) electrons. The van der Waals surface area contributed by atoms with Crippen LogP contribution in [0.25, 0.3) is 11.0 Å². The molecule has 0 aliphatic heterocycles. The number of aromatic nitrogens is 2. The molecule has 3 nitrogen and oxygen atoms in total. The van der Waals surface area contributed by atoms with E-state index in [0.717, 1.165) is 24.2 Å². The van der Waals surface area contributed by atoms with Gasteiger partial charge >= 0.3 is 0 Å². The first-order chi connectivity index (χ1) is 11.8. The van der Waals surface area contributed by atoms with Crippen LogP contribution in [0.3, 0.4) is 0 Å². The van der Waals surface area contributed by atoms with Gasteiger partial charge in [-0.2, -0.15) is 0 Å². The van der Waals surface area contributed by atoms with Gasteiger partial charge in [-0.05, 0) is 66.6 Å². The molecule has 0 spiro atoms. The monoisotopic (exact) mass is 336 g/mol. The molecular weight excluding hydrogens is 308 g/mol. The zero-order chi connectivity index (χ0) is 18.0. The summed E-state index contributed by atoms with van der Waals surface area (Å²) in [4.78, 5) is 4.51. The fourth-order valence-corrected chi connectivity index (χ4v) is 2.97. The molecule has 0 saturated heterocycles. The molecule has 132 valence electrons. The van der Waals surface area contributed by atoms with E-state index in [1.807, 2.05) is 6.33 Å². The summed E-state index contributed by atoms with van der Waals surface area (Å²) < 4.78 is 8.11. The second-order valence-corrected chi connectivity index (χ2v) is 7.84. The van der Waals surface area contributed by atoms with Gasteiger partial charge in [0.2, 0.25) is 0 Å². The van der Waals surface area contributed by atoms with E-state index in [0.29, 0.717) is 6.61 Å². The quantitative estimate of drug-likeness (QED) is 0.582. The lowest BCUT2D eigenvalue weighted by molar-refractivity contribution is 0.302. The SMILES string of the molecule is Cc1cc2ncn(CCCOc3ccc(C(C)(C)C)cc3)c2cc1C. The van der Waals surface area contributed by atoms with Crippen LogP contribution in [0.15, 0.2) is 42.7 Å². The van der Waals surface area contributed by atoms with Crippen molar-refractivity contribution in [2.75, 3.05) is 6.61 Å². The molecule has 3 rings (SSSR count). The van der Waals surface area contributed by atoms with Crippen molar-refractivity contribution in [3.8, 4) is 5.75 Å². The van der Waals surface area contributed by atoms with Gasteiger partial charge < -0.3 is 9.30 Å². The van der Waals surface area contributed by atoms with Crippen molar-refractivity contribution in [3.63, 3.8) is 0 Å². The highest BCUT2D eigenvalue weighted by atomic mass is 16.5. The molecule has 2 aromatic carbocycles. The Morgan fingerprint density at radius 3 is 2.36 bits per heavy atom. The molecule has 0 bridgehead atoms. The molecule has 1 aromatic heterocycles. The predicted octanol–water partition coefficient (Wildman–Crippen LogP) is 5.42. The second kappa shape index (κ2) is 6.91. The lowest BCUT2D eigenvalue weighted by Crippen LogP contribution is -2.10. The lowest BCUT2D eigenvalue weighted by Gasteiger charge is -2.19. The van der Waals surface area contributed by atoms with Crippen molar-refractivity contribution in [1.29, 1.82) is 0 Å². The van der Waals surface area contributed by atoms with E-state index in [-0.39, 0.29) is 5.41 Å². The number of aryl methyl sites for hydroxylation is 3. The molecule has 0 N–H and O–H groups in total. The number of rotatable bonds is 5. The van der Waals surface area contributed by atoms with Gasteiger partial charge in [0.05, 0.1) is 24.0 Å². The van der Waals surface area contributed by atoms with Gasteiger partial charge in [-0.25, -0.2) is 4.98 Å². The van der Waals surface area contributed by atoms with Crippen LogP contribution in [-0.4, -0.2) is 16.2 Å². The van der Waals surface area contributed by atoms with Crippen LogP contribution in [-0.2, 0) is 12.0 Å². The average molecular weight is 336 g/mol. The highest BCUT2D eigenvalue weighted by Crippen LogP contribution is 2.24. The van der Waals surface area contributed by atoms with Crippen molar-refractivity contribution < 1.29 is 4.74 Å². The zero-order valence-electron chi connectivity index (χ0n) is 16.0. The fourth-order valence-electron chi connectivity index (χ4n) is 2.97. The molecule has 0 aliphatic rings. The van der Waals surface area contributed by atoms with E-state index in [1.165, 1.54) is 22.2 Å². The molecular formula is C22H28N2O.